The van der Waals surface area contributed by atoms with Crippen LogP contribution in [-0.4, -0.2) is 21.0 Å². The molecule has 6 nitrogen and oxygen atoms in total. The number of rotatable bonds is 4. The molecule has 0 atom stereocenters. The van der Waals surface area contributed by atoms with E-state index in [2.05, 4.69) is 15.3 Å². The van der Waals surface area contributed by atoms with Gasteiger partial charge in [0.25, 0.3) is 0 Å². The molecule has 0 fully saturated rings. The van der Waals surface area contributed by atoms with Gasteiger partial charge in [-0.25, -0.2) is 14.8 Å². The van der Waals surface area contributed by atoms with E-state index in [1.54, 1.807) is 24.4 Å². The zero-order valence-electron chi connectivity index (χ0n) is 9.50. The molecule has 0 bridgehead atoms. The lowest BCUT2D eigenvalue weighted by Crippen LogP contribution is -2.08. The Kier molecular flexibility index (Phi) is 3.38. The number of carboxylic acids is 1. The third-order valence-corrected chi connectivity index (χ3v) is 2.38. The number of aromatic nitrogens is 2. The number of carboxylic acid groups (broad SMARTS) is 1. The fourth-order valence-electron chi connectivity index (χ4n) is 1.50. The number of anilines is 2. The number of hydrogen-bond donors (Lipinski definition) is 3. The first-order valence-corrected chi connectivity index (χ1v) is 5.28. The quantitative estimate of drug-likeness (QED) is 0.702. The minimum atomic E-state index is -1.000. The Hall–Kier alpha value is -2.63. The second kappa shape index (κ2) is 5.13. The van der Waals surface area contributed by atoms with Crippen LogP contribution >= 0.6 is 0 Å². The molecule has 0 aliphatic heterocycles. The lowest BCUT2D eigenvalue weighted by Gasteiger charge is -2.09. The lowest BCUT2D eigenvalue weighted by atomic mass is 10.1. The molecule has 4 N–H and O–H groups in total. The lowest BCUT2D eigenvalue weighted by molar-refractivity contribution is 0.0698. The molecule has 0 amide bonds. The molecule has 92 valence electrons. The minimum Gasteiger partial charge on any atom is -0.478 e. The van der Waals surface area contributed by atoms with Gasteiger partial charge in [-0.2, -0.15) is 0 Å². The van der Waals surface area contributed by atoms with Crippen molar-refractivity contribution in [1.82, 2.24) is 9.97 Å². The van der Waals surface area contributed by atoms with Crippen LogP contribution < -0.4 is 11.1 Å². The highest BCUT2D eigenvalue weighted by molar-refractivity contribution is 5.95. The van der Waals surface area contributed by atoms with Gasteiger partial charge in [0.15, 0.2) is 0 Å². The van der Waals surface area contributed by atoms with E-state index in [9.17, 15) is 4.79 Å². The average molecular weight is 244 g/mol. The number of nitrogen functional groups attached to an aromatic ring is 1. The first-order valence-electron chi connectivity index (χ1n) is 5.28. The molecule has 2 rings (SSSR count). The summed E-state index contributed by atoms with van der Waals surface area (Å²) in [5.74, 6) is -1.000. The molecular formula is C12H12N4O2. The SMILES string of the molecule is Nc1ccc(C(=O)O)c(NCc2ccncn2)c1. The molecule has 1 aromatic heterocycles. The molecular weight excluding hydrogens is 232 g/mol. The maximum Gasteiger partial charge on any atom is 0.337 e. The van der Waals surface area contributed by atoms with Crippen molar-refractivity contribution in [3.8, 4) is 0 Å². The highest BCUT2D eigenvalue weighted by atomic mass is 16.4. The Labute approximate surface area is 104 Å². The van der Waals surface area contributed by atoms with Crippen LogP contribution in [0.15, 0.2) is 36.8 Å². The molecule has 0 radical (unpaired) electrons. The summed E-state index contributed by atoms with van der Waals surface area (Å²) >= 11 is 0. The van der Waals surface area contributed by atoms with E-state index in [4.69, 9.17) is 10.8 Å². The van der Waals surface area contributed by atoms with Crippen LogP contribution in [0.3, 0.4) is 0 Å². The van der Waals surface area contributed by atoms with Crippen LogP contribution in [-0.2, 0) is 6.54 Å². The van der Waals surface area contributed by atoms with Crippen LogP contribution in [0.2, 0.25) is 0 Å². The molecule has 0 aliphatic rings. The first kappa shape index (κ1) is 11.8. The predicted molar refractivity (Wildman–Crippen MR) is 67.2 cm³/mol. The van der Waals surface area contributed by atoms with Gasteiger partial charge in [-0.15, -0.1) is 0 Å². The molecule has 6 heteroatoms. The molecule has 2 aromatic rings. The number of nitrogens with zero attached hydrogens (tertiary/aromatic N) is 2. The summed E-state index contributed by atoms with van der Waals surface area (Å²) in [4.78, 5) is 18.9. The fraction of sp³-hybridized carbons (Fsp3) is 0.0833. The van der Waals surface area contributed by atoms with Gasteiger partial charge in [0.1, 0.15) is 6.33 Å². The van der Waals surface area contributed by atoms with E-state index in [1.165, 1.54) is 12.4 Å². The Morgan fingerprint density at radius 1 is 1.39 bits per heavy atom. The topological polar surface area (TPSA) is 101 Å². The minimum absolute atomic E-state index is 0.179. The average Bonchev–Trinajstić information content (AvgIpc) is 2.37. The summed E-state index contributed by atoms with van der Waals surface area (Å²) in [5.41, 5.74) is 7.56. The zero-order chi connectivity index (χ0) is 13.0. The molecule has 0 spiro atoms. The van der Waals surface area contributed by atoms with E-state index in [1.807, 2.05) is 0 Å². The van der Waals surface area contributed by atoms with Gasteiger partial charge in [-0.1, -0.05) is 0 Å². The summed E-state index contributed by atoms with van der Waals surface area (Å²) < 4.78 is 0. The molecule has 0 unspecified atom stereocenters. The Morgan fingerprint density at radius 2 is 2.22 bits per heavy atom. The largest absolute Gasteiger partial charge is 0.478 e. The number of benzene rings is 1. The number of hydrogen-bond acceptors (Lipinski definition) is 5. The second-order valence-electron chi connectivity index (χ2n) is 3.66. The summed E-state index contributed by atoms with van der Waals surface area (Å²) in [7, 11) is 0. The molecule has 0 saturated heterocycles. The van der Waals surface area contributed by atoms with Crippen LogP contribution in [0, 0.1) is 0 Å². The van der Waals surface area contributed by atoms with Crippen molar-refractivity contribution in [3.63, 3.8) is 0 Å². The van der Waals surface area contributed by atoms with Gasteiger partial charge in [0.2, 0.25) is 0 Å². The van der Waals surface area contributed by atoms with Gasteiger partial charge in [0, 0.05) is 11.9 Å². The van der Waals surface area contributed by atoms with Crippen LogP contribution in [0.25, 0.3) is 0 Å². The first-order chi connectivity index (χ1) is 8.66. The van der Waals surface area contributed by atoms with Gasteiger partial charge >= 0.3 is 5.97 Å². The number of aromatic carboxylic acids is 1. The fourth-order valence-corrected chi connectivity index (χ4v) is 1.50. The van der Waals surface area contributed by atoms with Crippen molar-refractivity contribution >= 4 is 17.3 Å². The van der Waals surface area contributed by atoms with Gasteiger partial charge < -0.3 is 16.2 Å². The third-order valence-electron chi connectivity index (χ3n) is 2.38. The van der Waals surface area contributed by atoms with E-state index < -0.39 is 5.97 Å². The van der Waals surface area contributed by atoms with Crippen LogP contribution in [0.1, 0.15) is 16.1 Å². The Balaban J connectivity index is 2.18. The third kappa shape index (κ3) is 2.73. The molecule has 1 heterocycles. The maximum absolute atomic E-state index is 11.0. The molecule has 18 heavy (non-hydrogen) atoms. The van der Waals surface area contributed by atoms with E-state index in [0.29, 0.717) is 17.9 Å². The second-order valence-corrected chi connectivity index (χ2v) is 3.66. The highest BCUT2D eigenvalue weighted by Crippen LogP contribution is 2.19. The monoisotopic (exact) mass is 244 g/mol. The van der Waals surface area contributed by atoms with Crippen molar-refractivity contribution in [3.05, 3.63) is 48.0 Å². The Morgan fingerprint density at radius 3 is 2.89 bits per heavy atom. The van der Waals surface area contributed by atoms with Crippen molar-refractivity contribution in [2.75, 3.05) is 11.1 Å². The van der Waals surface area contributed by atoms with E-state index >= 15 is 0 Å². The van der Waals surface area contributed by atoms with Gasteiger partial charge in [-0.3, -0.25) is 0 Å². The normalized spacial score (nSPS) is 10.0. The van der Waals surface area contributed by atoms with Gasteiger partial charge in [0.05, 0.1) is 23.5 Å². The van der Waals surface area contributed by atoms with Crippen molar-refractivity contribution in [1.29, 1.82) is 0 Å². The highest BCUT2D eigenvalue weighted by Gasteiger charge is 2.09. The number of nitrogens with one attached hydrogen (secondary N) is 1. The van der Waals surface area contributed by atoms with Crippen LogP contribution in [0.4, 0.5) is 11.4 Å². The molecule has 1 aromatic carbocycles. The van der Waals surface area contributed by atoms with E-state index in [0.717, 1.165) is 5.69 Å². The maximum atomic E-state index is 11.0. The summed E-state index contributed by atoms with van der Waals surface area (Å²) in [5, 5.41) is 12.0. The summed E-state index contributed by atoms with van der Waals surface area (Å²) in [6.07, 6.45) is 3.07. The zero-order valence-corrected chi connectivity index (χ0v) is 9.50. The predicted octanol–water partition coefficient (Wildman–Crippen LogP) is 1.37. The number of carbonyl (C=O) groups is 1. The van der Waals surface area contributed by atoms with Crippen LogP contribution in [0.5, 0.6) is 0 Å². The summed E-state index contributed by atoms with van der Waals surface area (Å²) in [6.45, 7) is 0.409. The van der Waals surface area contributed by atoms with Crippen molar-refractivity contribution < 1.29 is 9.90 Å². The standard InChI is InChI=1S/C12H12N4O2/c13-8-1-2-10(12(17)18)11(5-8)15-6-9-3-4-14-7-16-9/h1-5,7,15H,6,13H2,(H,17,18). The smallest absolute Gasteiger partial charge is 0.337 e. The summed E-state index contributed by atoms with van der Waals surface area (Å²) in [6, 6.07) is 6.36. The van der Waals surface area contributed by atoms with Crippen molar-refractivity contribution in [2.45, 2.75) is 6.54 Å². The van der Waals surface area contributed by atoms with Crippen molar-refractivity contribution in [2.24, 2.45) is 0 Å². The Bertz CT molecular complexity index is 557. The van der Waals surface area contributed by atoms with Gasteiger partial charge in [-0.05, 0) is 24.3 Å². The number of nitrogens with two attached hydrogens (primary N) is 1. The molecule has 0 aliphatic carbocycles. The molecule has 0 saturated carbocycles. The van der Waals surface area contributed by atoms with E-state index in [-0.39, 0.29) is 5.56 Å².